The van der Waals surface area contributed by atoms with E-state index in [2.05, 4.69) is 21.2 Å². The molecule has 1 fully saturated rings. The third kappa shape index (κ3) is 2.84. The highest BCUT2D eigenvalue weighted by molar-refractivity contribution is 9.10. The third-order valence-electron chi connectivity index (χ3n) is 3.79. The van der Waals surface area contributed by atoms with Crippen LogP contribution in [0.15, 0.2) is 22.7 Å². The van der Waals surface area contributed by atoms with Gasteiger partial charge in [0.2, 0.25) is 5.91 Å². The van der Waals surface area contributed by atoms with E-state index in [9.17, 15) is 9.59 Å². The first-order chi connectivity index (χ1) is 9.65. The van der Waals surface area contributed by atoms with Crippen LogP contribution in [0.5, 0.6) is 0 Å². The smallest absolute Gasteiger partial charge is 0.252 e. The SMILES string of the molecule is Cc1cc(Br)ccc1N1C(=O)C(C)(C)NC(=O)C1C(C)C. The molecule has 2 amide bonds. The molecule has 0 aliphatic carbocycles. The van der Waals surface area contributed by atoms with Gasteiger partial charge in [-0.25, -0.2) is 0 Å². The maximum absolute atomic E-state index is 12.8. The Balaban J connectivity index is 2.58. The summed E-state index contributed by atoms with van der Waals surface area (Å²) >= 11 is 3.43. The standard InChI is InChI=1S/C16H21BrN2O2/c1-9(2)13-14(20)18-16(4,5)15(21)19(13)12-7-6-11(17)8-10(12)3/h6-9,13H,1-5H3,(H,18,20). The Bertz CT molecular complexity index is 596. The van der Waals surface area contributed by atoms with E-state index in [1.807, 2.05) is 39.0 Å². The number of hydrogen-bond donors (Lipinski definition) is 1. The van der Waals surface area contributed by atoms with Gasteiger partial charge in [0.05, 0.1) is 0 Å². The second-order valence-corrected chi connectivity index (χ2v) is 7.32. The maximum Gasteiger partial charge on any atom is 0.252 e. The minimum atomic E-state index is -0.887. The summed E-state index contributed by atoms with van der Waals surface area (Å²) in [5, 5.41) is 2.83. The highest BCUT2D eigenvalue weighted by Crippen LogP contribution is 2.32. The van der Waals surface area contributed by atoms with Gasteiger partial charge in [0, 0.05) is 10.2 Å². The zero-order chi connectivity index (χ0) is 15.9. The first kappa shape index (κ1) is 16.0. The van der Waals surface area contributed by atoms with Crippen molar-refractivity contribution >= 4 is 33.4 Å². The summed E-state index contributed by atoms with van der Waals surface area (Å²) < 4.78 is 0.956. The van der Waals surface area contributed by atoms with Crippen molar-refractivity contribution in [2.24, 2.45) is 5.92 Å². The van der Waals surface area contributed by atoms with E-state index in [0.717, 1.165) is 15.7 Å². The molecule has 5 heteroatoms. The van der Waals surface area contributed by atoms with E-state index >= 15 is 0 Å². The summed E-state index contributed by atoms with van der Waals surface area (Å²) in [5.74, 6) is -0.142. The average Bonchev–Trinajstić information content (AvgIpc) is 2.33. The zero-order valence-electron chi connectivity index (χ0n) is 13.0. The number of piperazine rings is 1. The van der Waals surface area contributed by atoms with Crippen LogP contribution in [0.2, 0.25) is 0 Å². The fraction of sp³-hybridized carbons (Fsp3) is 0.500. The number of nitrogens with zero attached hydrogens (tertiary/aromatic N) is 1. The summed E-state index contributed by atoms with van der Waals surface area (Å²) in [6, 6.07) is 5.26. The number of nitrogens with one attached hydrogen (secondary N) is 1. The molecule has 2 rings (SSSR count). The van der Waals surface area contributed by atoms with E-state index in [0.29, 0.717) is 0 Å². The van der Waals surface area contributed by atoms with E-state index < -0.39 is 11.6 Å². The molecule has 1 aromatic rings. The van der Waals surface area contributed by atoms with Gasteiger partial charge in [-0.1, -0.05) is 29.8 Å². The van der Waals surface area contributed by atoms with Crippen LogP contribution in [0, 0.1) is 12.8 Å². The molecule has 0 saturated carbocycles. The predicted octanol–water partition coefficient (Wildman–Crippen LogP) is 3.02. The maximum atomic E-state index is 12.8. The molecule has 1 aromatic carbocycles. The Morgan fingerprint density at radius 2 is 1.90 bits per heavy atom. The van der Waals surface area contributed by atoms with Crippen molar-refractivity contribution in [3.8, 4) is 0 Å². The van der Waals surface area contributed by atoms with Crippen LogP contribution < -0.4 is 10.2 Å². The molecule has 1 heterocycles. The Morgan fingerprint density at radius 3 is 2.43 bits per heavy atom. The average molecular weight is 353 g/mol. The number of carbonyl (C=O) groups excluding carboxylic acids is 2. The number of benzene rings is 1. The molecule has 1 N–H and O–H groups in total. The van der Waals surface area contributed by atoms with Crippen molar-refractivity contribution < 1.29 is 9.59 Å². The van der Waals surface area contributed by atoms with Gasteiger partial charge in [-0.05, 0) is 50.5 Å². The molecule has 1 aliphatic heterocycles. The Labute approximate surface area is 134 Å². The van der Waals surface area contributed by atoms with Crippen molar-refractivity contribution in [2.45, 2.75) is 46.2 Å². The van der Waals surface area contributed by atoms with Crippen molar-refractivity contribution in [1.82, 2.24) is 5.32 Å². The van der Waals surface area contributed by atoms with Crippen molar-refractivity contribution in [3.05, 3.63) is 28.2 Å². The molecule has 21 heavy (non-hydrogen) atoms. The van der Waals surface area contributed by atoms with Crippen molar-refractivity contribution in [1.29, 1.82) is 0 Å². The fourth-order valence-electron chi connectivity index (χ4n) is 2.73. The topological polar surface area (TPSA) is 49.4 Å². The second-order valence-electron chi connectivity index (χ2n) is 6.41. The van der Waals surface area contributed by atoms with Gasteiger partial charge < -0.3 is 5.32 Å². The quantitative estimate of drug-likeness (QED) is 0.889. The Morgan fingerprint density at radius 1 is 1.29 bits per heavy atom. The third-order valence-corrected chi connectivity index (χ3v) is 4.28. The van der Waals surface area contributed by atoms with E-state index in [1.54, 1.807) is 18.7 Å². The molecule has 1 aliphatic rings. The van der Waals surface area contributed by atoms with Gasteiger partial charge in [-0.2, -0.15) is 0 Å². The molecule has 1 unspecified atom stereocenters. The summed E-state index contributed by atoms with van der Waals surface area (Å²) in [4.78, 5) is 26.9. The molecular formula is C16H21BrN2O2. The van der Waals surface area contributed by atoms with Crippen LogP contribution in [0.1, 0.15) is 33.3 Å². The first-order valence-electron chi connectivity index (χ1n) is 7.07. The van der Waals surface area contributed by atoms with Crippen LogP contribution in [0.25, 0.3) is 0 Å². The van der Waals surface area contributed by atoms with Crippen LogP contribution in [-0.4, -0.2) is 23.4 Å². The number of amides is 2. The molecule has 1 saturated heterocycles. The number of aryl methyl sites for hydroxylation is 1. The van der Waals surface area contributed by atoms with Crippen LogP contribution in [0.4, 0.5) is 5.69 Å². The number of halogens is 1. The van der Waals surface area contributed by atoms with Crippen LogP contribution in [0.3, 0.4) is 0 Å². The molecular weight excluding hydrogens is 332 g/mol. The highest BCUT2D eigenvalue weighted by Gasteiger charge is 2.47. The lowest BCUT2D eigenvalue weighted by atomic mass is 9.90. The van der Waals surface area contributed by atoms with Gasteiger partial charge >= 0.3 is 0 Å². The lowest BCUT2D eigenvalue weighted by molar-refractivity contribution is -0.138. The monoisotopic (exact) mass is 352 g/mol. The molecule has 1 atom stereocenters. The van der Waals surface area contributed by atoms with Gasteiger partial charge in [0.1, 0.15) is 11.6 Å². The molecule has 0 aromatic heterocycles. The first-order valence-corrected chi connectivity index (χ1v) is 7.86. The summed E-state index contributed by atoms with van der Waals surface area (Å²) in [5.41, 5.74) is 0.876. The zero-order valence-corrected chi connectivity index (χ0v) is 14.6. The van der Waals surface area contributed by atoms with Gasteiger partial charge in [-0.3, -0.25) is 14.5 Å². The molecule has 114 valence electrons. The lowest BCUT2D eigenvalue weighted by Crippen LogP contribution is -2.69. The molecule has 0 radical (unpaired) electrons. The molecule has 0 bridgehead atoms. The van der Waals surface area contributed by atoms with Gasteiger partial charge in [0.15, 0.2) is 0 Å². The minimum absolute atomic E-state index is 0.0353. The normalized spacial score (nSPS) is 21.7. The summed E-state index contributed by atoms with van der Waals surface area (Å²) in [6.45, 7) is 9.34. The van der Waals surface area contributed by atoms with Crippen molar-refractivity contribution in [3.63, 3.8) is 0 Å². The number of anilines is 1. The van der Waals surface area contributed by atoms with Crippen LogP contribution >= 0.6 is 15.9 Å². The minimum Gasteiger partial charge on any atom is -0.340 e. The molecule has 4 nitrogen and oxygen atoms in total. The Hall–Kier alpha value is -1.36. The van der Waals surface area contributed by atoms with Crippen molar-refractivity contribution in [2.75, 3.05) is 4.90 Å². The fourth-order valence-corrected chi connectivity index (χ4v) is 3.20. The number of hydrogen-bond acceptors (Lipinski definition) is 2. The number of rotatable bonds is 2. The van der Waals surface area contributed by atoms with E-state index in [1.165, 1.54) is 0 Å². The van der Waals surface area contributed by atoms with E-state index in [4.69, 9.17) is 0 Å². The lowest BCUT2D eigenvalue weighted by Gasteiger charge is -2.44. The summed E-state index contributed by atoms with van der Waals surface area (Å²) in [7, 11) is 0. The predicted molar refractivity (Wildman–Crippen MR) is 87.2 cm³/mol. The van der Waals surface area contributed by atoms with Crippen LogP contribution in [-0.2, 0) is 9.59 Å². The number of carbonyl (C=O) groups is 2. The largest absolute Gasteiger partial charge is 0.340 e. The van der Waals surface area contributed by atoms with Gasteiger partial charge in [-0.15, -0.1) is 0 Å². The van der Waals surface area contributed by atoms with E-state index in [-0.39, 0.29) is 17.7 Å². The molecule has 0 spiro atoms. The summed E-state index contributed by atoms with van der Waals surface area (Å²) in [6.07, 6.45) is 0. The Kier molecular flexibility index (Phi) is 4.15. The second kappa shape index (κ2) is 5.44. The highest BCUT2D eigenvalue weighted by atomic mass is 79.9. The van der Waals surface area contributed by atoms with Gasteiger partial charge in [0.25, 0.3) is 5.91 Å².